The molecule has 0 aliphatic rings. The number of amides is 1. The van der Waals surface area contributed by atoms with E-state index in [0.29, 0.717) is 6.54 Å². The van der Waals surface area contributed by atoms with E-state index < -0.39 is 0 Å². The van der Waals surface area contributed by atoms with Crippen LogP contribution >= 0.6 is 24.2 Å². The Balaban J connectivity index is 0.00000484. The topological polar surface area (TPSA) is 67.4 Å². The molecule has 1 amide bonds. The van der Waals surface area contributed by atoms with Crippen molar-refractivity contribution < 1.29 is 14.3 Å². The maximum absolute atomic E-state index is 12.2. The first-order valence-corrected chi connectivity index (χ1v) is 8.40. The van der Waals surface area contributed by atoms with Crippen LogP contribution in [0.1, 0.15) is 24.9 Å². The number of carbonyl (C=O) groups excluding carboxylic acids is 2. The van der Waals surface area contributed by atoms with Crippen molar-refractivity contribution in [1.82, 2.24) is 10.6 Å². The molecular weight excluding hydrogens is 336 g/mol. The molecule has 0 radical (unpaired) electrons. The predicted octanol–water partition coefficient (Wildman–Crippen LogP) is 2.41. The molecule has 5 nitrogen and oxygen atoms in total. The zero-order valence-electron chi connectivity index (χ0n) is 13.9. The van der Waals surface area contributed by atoms with E-state index in [2.05, 4.69) is 10.6 Å². The highest BCUT2D eigenvalue weighted by molar-refractivity contribution is 7.98. The minimum atomic E-state index is -0.379. The Hall–Kier alpha value is -1.24. The second kappa shape index (κ2) is 11.3. The number of carbonyl (C=O) groups is 2. The maximum atomic E-state index is 12.2. The van der Waals surface area contributed by atoms with Crippen molar-refractivity contribution in [3.63, 3.8) is 0 Å². The van der Waals surface area contributed by atoms with Gasteiger partial charge in [-0.05, 0) is 31.0 Å². The van der Waals surface area contributed by atoms with Gasteiger partial charge in [0.05, 0.1) is 19.6 Å². The Morgan fingerprint density at radius 3 is 2.35 bits per heavy atom. The molecule has 2 atom stereocenters. The summed E-state index contributed by atoms with van der Waals surface area (Å²) in [5.74, 6) is -0.603. The summed E-state index contributed by atoms with van der Waals surface area (Å²) in [6.07, 6.45) is 2.12. The van der Waals surface area contributed by atoms with Gasteiger partial charge >= 0.3 is 5.97 Å². The molecular formula is C16H25ClN2O3S. The van der Waals surface area contributed by atoms with E-state index in [9.17, 15) is 9.59 Å². The third kappa shape index (κ3) is 7.24. The predicted molar refractivity (Wildman–Crippen MR) is 96.1 cm³/mol. The molecule has 0 aromatic heterocycles. The highest BCUT2D eigenvalue weighted by Crippen LogP contribution is 2.22. The Morgan fingerprint density at radius 2 is 1.87 bits per heavy atom. The second-order valence-electron chi connectivity index (χ2n) is 5.07. The summed E-state index contributed by atoms with van der Waals surface area (Å²) in [5, 5.41) is 5.91. The Morgan fingerprint density at radius 1 is 1.26 bits per heavy atom. The number of halogens is 1. The van der Waals surface area contributed by atoms with Gasteiger partial charge in [-0.2, -0.15) is 0 Å². The molecule has 0 aliphatic carbocycles. The van der Waals surface area contributed by atoms with Gasteiger partial charge in [0.25, 0.3) is 0 Å². The van der Waals surface area contributed by atoms with E-state index in [4.69, 9.17) is 4.74 Å². The summed E-state index contributed by atoms with van der Waals surface area (Å²) in [6.45, 7) is 2.43. The molecule has 0 aliphatic heterocycles. The highest BCUT2D eigenvalue weighted by atomic mass is 35.5. The van der Waals surface area contributed by atoms with Crippen LogP contribution in [0.3, 0.4) is 0 Å². The number of ether oxygens (including phenoxy) is 1. The van der Waals surface area contributed by atoms with Crippen LogP contribution in [-0.2, 0) is 14.3 Å². The summed E-state index contributed by atoms with van der Waals surface area (Å²) in [4.78, 5) is 24.9. The fraction of sp³-hybridized carbons (Fsp3) is 0.500. The summed E-state index contributed by atoms with van der Waals surface area (Å²) in [5.41, 5.74) is 0.896. The zero-order valence-corrected chi connectivity index (χ0v) is 15.6. The first-order valence-electron chi connectivity index (χ1n) is 7.17. The van der Waals surface area contributed by atoms with Gasteiger partial charge in [0, 0.05) is 17.4 Å². The van der Waals surface area contributed by atoms with Crippen LogP contribution in [0.4, 0.5) is 0 Å². The molecule has 0 bridgehead atoms. The average molecular weight is 361 g/mol. The van der Waals surface area contributed by atoms with Crippen LogP contribution in [-0.4, -0.2) is 38.8 Å². The number of rotatable bonds is 8. The normalized spacial score (nSPS) is 12.7. The highest BCUT2D eigenvalue weighted by Gasteiger charge is 2.21. The number of hydrogen-bond donors (Lipinski definition) is 2. The van der Waals surface area contributed by atoms with Gasteiger partial charge < -0.3 is 15.4 Å². The molecule has 23 heavy (non-hydrogen) atoms. The van der Waals surface area contributed by atoms with Crippen LogP contribution in [0.15, 0.2) is 29.2 Å². The van der Waals surface area contributed by atoms with Gasteiger partial charge in [-0.3, -0.25) is 9.59 Å². The zero-order chi connectivity index (χ0) is 16.5. The van der Waals surface area contributed by atoms with E-state index in [0.717, 1.165) is 10.5 Å². The van der Waals surface area contributed by atoms with Crippen LogP contribution in [0.25, 0.3) is 0 Å². The summed E-state index contributed by atoms with van der Waals surface area (Å²) >= 11 is 1.65. The van der Waals surface area contributed by atoms with Gasteiger partial charge in [0.2, 0.25) is 5.91 Å². The summed E-state index contributed by atoms with van der Waals surface area (Å²) < 4.78 is 4.73. The van der Waals surface area contributed by atoms with E-state index in [1.54, 1.807) is 18.8 Å². The quantitative estimate of drug-likeness (QED) is 0.550. The van der Waals surface area contributed by atoms with Crippen molar-refractivity contribution >= 4 is 36.0 Å². The van der Waals surface area contributed by atoms with Crippen LogP contribution in [0.5, 0.6) is 0 Å². The minimum absolute atomic E-state index is 0. The van der Waals surface area contributed by atoms with E-state index >= 15 is 0 Å². The third-order valence-electron chi connectivity index (χ3n) is 3.39. The molecule has 0 fully saturated rings. The SMILES string of the molecule is CNCC(C)C(=O)NC(CC(=O)OC)c1ccc(SC)cc1.Cl. The number of hydrogen-bond acceptors (Lipinski definition) is 5. The fourth-order valence-corrected chi connectivity index (χ4v) is 2.46. The monoisotopic (exact) mass is 360 g/mol. The first kappa shape index (κ1) is 21.8. The second-order valence-corrected chi connectivity index (χ2v) is 5.95. The molecule has 1 rings (SSSR count). The molecule has 130 valence electrons. The average Bonchev–Trinajstić information content (AvgIpc) is 2.54. The minimum Gasteiger partial charge on any atom is -0.469 e. The van der Waals surface area contributed by atoms with Crippen molar-refractivity contribution in [2.24, 2.45) is 5.92 Å². The fourth-order valence-electron chi connectivity index (χ4n) is 2.05. The van der Waals surface area contributed by atoms with E-state index in [1.807, 2.05) is 37.4 Å². The van der Waals surface area contributed by atoms with Crippen LogP contribution < -0.4 is 10.6 Å². The van der Waals surface area contributed by atoms with Gasteiger partial charge in [0.15, 0.2) is 0 Å². The molecule has 1 aromatic rings. The lowest BCUT2D eigenvalue weighted by molar-refractivity contribution is -0.141. The lowest BCUT2D eigenvalue weighted by Crippen LogP contribution is -2.37. The number of thioether (sulfide) groups is 1. The van der Waals surface area contributed by atoms with Crippen molar-refractivity contribution in [2.45, 2.75) is 24.3 Å². The van der Waals surface area contributed by atoms with Crippen molar-refractivity contribution in [3.05, 3.63) is 29.8 Å². The molecule has 0 spiro atoms. The number of methoxy groups -OCH3 is 1. The molecule has 0 heterocycles. The lowest BCUT2D eigenvalue weighted by Gasteiger charge is -2.21. The molecule has 2 N–H and O–H groups in total. The van der Waals surface area contributed by atoms with Gasteiger partial charge in [-0.1, -0.05) is 19.1 Å². The standard InChI is InChI=1S/C16H24N2O3S.ClH/c1-11(10-17-2)16(20)18-14(9-15(19)21-3)12-5-7-13(22-4)8-6-12;/h5-8,11,14,17H,9-10H2,1-4H3,(H,18,20);1H. The molecule has 7 heteroatoms. The van der Waals surface area contributed by atoms with E-state index in [-0.39, 0.29) is 42.7 Å². The summed E-state index contributed by atoms with van der Waals surface area (Å²) in [7, 11) is 3.15. The van der Waals surface area contributed by atoms with Crippen molar-refractivity contribution in [2.75, 3.05) is 27.0 Å². The first-order chi connectivity index (χ1) is 10.5. The third-order valence-corrected chi connectivity index (χ3v) is 4.13. The maximum Gasteiger partial charge on any atom is 0.307 e. The number of nitrogens with one attached hydrogen (secondary N) is 2. The van der Waals surface area contributed by atoms with E-state index in [1.165, 1.54) is 7.11 Å². The lowest BCUT2D eigenvalue weighted by atomic mass is 10.0. The summed E-state index contributed by atoms with van der Waals surface area (Å²) in [6, 6.07) is 7.45. The van der Waals surface area contributed by atoms with Crippen LogP contribution in [0, 0.1) is 5.92 Å². The van der Waals surface area contributed by atoms with Gasteiger partial charge in [-0.25, -0.2) is 0 Å². The van der Waals surface area contributed by atoms with Gasteiger partial charge in [0.1, 0.15) is 0 Å². The Kier molecular flexibility index (Phi) is 10.7. The van der Waals surface area contributed by atoms with Gasteiger partial charge in [-0.15, -0.1) is 24.2 Å². The Bertz CT molecular complexity index is 497. The van der Waals surface area contributed by atoms with Crippen molar-refractivity contribution in [1.29, 1.82) is 0 Å². The van der Waals surface area contributed by atoms with Crippen molar-refractivity contribution in [3.8, 4) is 0 Å². The number of esters is 1. The Labute approximate surface area is 148 Å². The molecule has 1 aromatic carbocycles. The smallest absolute Gasteiger partial charge is 0.307 e. The molecule has 0 saturated heterocycles. The van der Waals surface area contributed by atoms with Crippen LogP contribution in [0.2, 0.25) is 0 Å². The largest absolute Gasteiger partial charge is 0.469 e. The molecule has 0 saturated carbocycles. The molecule has 2 unspecified atom stereocenters. The number of benzene rings is 1.